The van der Waals surface area contributed by atoms with Crippen LogP contribution in [-0.4, -0.2) is 6.61 Å². The van der Waals surface area contributed by atoms with Crippen molar-refractivity contribution in [2.24, 2.45) is 11.7 Å². The van der Waals surface area contributed by atoms with Gasteiger partial charge in [0.2, 0.25) is 0 Å². The van der Waals surface area contributed by atoms with Crippen molar-refractivity contribution in [1.82, 2.24) is 0 Å². The van der Waals surface area contributed by atoms with Gasteiger partial charge in [0.25, 0.3) is 0 Å². The highest BCUT2D eigenvalue weighted by Crippen LogP contribution is 2.38. The summed E-state index contributed by atoms with van der Waals surface area (Å²) in [6.07, 6.45) is 3.38. The smallest absolute Gasteiger partial charge is 0.173 e. The molecular formula is C13H17ClFNO. The third kappa shape index (κ3) is 3.11. The second-order valence-corrected chi connectivity index (χ2v) is 4.94. The minimum Gasteiger partial charge on any atom is -0.489 e. The van der Waals surface area contributed by atoms with Gasteiger partial charge in [0.1, 0.15) is 0 Å². The monoisotopic (exact) mass is 257 g/mol. The molecule has 0 unspecified atom stereocenters. The first-order valence-electron chi connectivity index (χ1n) is 5.99. The molecule has 0 aliphatic heterocycles. The standard InChI is InChI=1S/C13H17ClFNO/c1-2-17-13-10(14)6-9(7-11(13)15)12(16)5-8-3-4-8/h6-8,12H,2-5,16H2,1H3/t12-/m0/s1. The van der Waals surface area contributed by atoms with Gasteiger partial charge in [-0.3, -0.25) is 0 Å². The van der Waals surface area contributed by atoms with E-state index in [0.29, 0.717) is 17.5 Å². The summed E-state index contributed by atoms with van der Waals surface area (Å²) in [5.41, 5.74) is 6.78. The van der Waals surface area contributed by atoms with Gasteiger partial charge >= 0.3 is 0 Å². The molecule has 1 saturated carbocycles. The van der Waals surface area contributed by atoms with Crippen LogP contribution in [0, 0.1) is 11.7 Å². The predicted molar refractivity (Wildman–Crippen MR) is 66.8 cm³/mol. The molecule has 2 rings (SSSR count). The number of rotatable bonds is 5. The van der Waals surface area contributed by atoms with Gasteiger partial charge in [-0.2, -0.15) is 0 Å². The van der Waals surface area contributed by atoms with Gasteiger partial charge in [-0.05, 0) is 37.0 Å². The maximum atomic E-state index is 13.7. The lowest BCUT2D eigenvalue weighted by Gasteiger charge is -2.14. The first-order chi connectivity index (χ1) is 8.11. The third-order valence-corrected chi connectivity index (χ3v) is 3.30. The summed E-state index contributed by atoms with van der Waals surface area (Å²) >= 11 is 5.99. The van der Waals surface area contributed by atoms with E-state index in [-0.39, 0.29) is 11.8 Å². The highest BCUT2D eigenvalue weighted by Gasteiger charge is 2.25. The molecule has 0 radical (unpaired) electrons. The van der Waals surface area contributed by atoms with E-state index in [4.69, 9.17) is 22.1 Å². The Hall–Kier alpha value is -0.800. The molecule has 17 heavy (non-hydrogen) atoms. The van der Waals surface area contributed by atoms with Gasteiger partial charge in [0.15, 0.2) is 11.6 Å². The van der Waals surface area contributed by atoms with Gasteiger partial charge in [-0.15, -0.1) is 0 Å². The molecular weight excluding hydrogens is 241 g/mol. The minimum atomic E-state index is -0.430. The van der Waals surface area contributed by atoms with E-state index in [1.54, 1.807) is 13.0 Å². The molecule has 0 saturated heterocycles. The van der Waals surface area contributed by atoms with Crippen LogP contribution < -0.4 is 10.5 Å². The molecule has 94 valence electrons. The summed E-state index contributed by atoms with van der Waals surface area (Å²) in [5.74, 6) is 0.399. The maximum absolute atomic E-state index is 13.7. The Labute approximate surface area is 106 Å². The topological polar surface area (TPSA) is 35.2 Å². The van der Waals surface area contributed by atoms with Crippen molar-refractivity contribution < 1.29 is 9.13 Å². The van der Waals surface area contributed by atoms with Crippen LogP contribution in [0.1, 0.15) is 37.8 Å². The summed E-state index contributed by atoms with van der Waals surface area (Å²) in [6.45, 7) is 2.19. The number of hydrogen-bond donors (Lipinski definition) is 1. The molecule has 1 atom stereocenters. The number of nitrogens with two attached hydrogens (primary N) is 1. The van der Waals surface area contributed by atoms with Crippen LogP contribution in [0.15, 0.2) is 12.1 Å². The average Bonchev–Trinajstić information content (AvgIpc) is 3.07. The zero-order chi connectivity index (χ0) is 12.4. The summed E-state index contributed by atoms with van der Waals surface area (Å²) in [7, 11) is 0. The SMILES string of the molecule is CCOc1c(F)cc([C@@H](N)CC2CC2)cc1Cl. The van der Waals surface area contributed by atoms with Gasteiger partial charge in [-0.25, -0.2) is 4.39 Å². The number of hydrogen-bond acceptors (Lipinski definition) is 2. The molecule has 1 aliphatic carbocycles. The van der Waals surface area contributed by atoms with Gasteiger partial charge in [0.05, 0.1) is 11.6 Å². The van der Waals surface area contributed by atoms with Crippen LogP contribution >= 0.6 is 11.6 Å². The van der Waals surface area contributed by atoms with Gasteiger partial charge in [0, 0.05) is 6.04 Å². The largest absolute Gasteiger partial charge is 0.489 e. The van der Waals surface area contributed by atoms with E-state index in [2.05, 4.69) is 0 Å². The zero-order valence-electron chi connectivity index (χ0n) is 9.88. The van der Waals surface area contributed by atoms with Crippen LogP contribution in [0.25, 0.3) is 0 Å². The molecule has 1 aromatic carbocycles. The van der Waals surface area contributed by atoms with Crippen molar-refractivity contribution >= 4 is 11.6 Å². The van der Waals surface area contributed by atoms with E-state index in [0.717, 1.165) is 12.0 Å². The molecule has 0 bridgehead atoms. The van der Waals surface area contributed by atoms with E-state index < -0.39 is 5.82 Å². The molecule has 2 nitrogen and oxygen atoms in total. The summed E-state index contributed by atoms with van der Waals surface area (Å²) < 4.78 is 18.9. The van der Waals surface area contributed by atoms with Crippen molar-refractivity contribution in [3.8, 4) is 5.75 Å². The van der Waals surface area contributed by atoms with Crippen molar-refractivity contribution in [3.05, 3.63) is 28.5 Å². The third-order valence-electron chi connectivity index (χ3n) is 3.02. The quantitative estimate of drug-likeness (QED) is 0.873. The highest BCUT2D eigenvalue weighted by atomic mass is 35.5. The second-order valence-electron chi connectivity index (χ2n) is 4.53. The van der Waals surface area contributed by atoms with Crippen molar-refractivity contribution in [3.63, 3.8) is 0 Å². The molecule has 2 N–H and O–H groups in total. The highest BCUT2D eigenvalue weighted by molar-refractivity contribution is 6.32. The Morgan fingerprint density at radius 2 is 2.24 bits per heavy atom. The van der Waals surface area contributed by atoms with Crippen LogP contribution in [0.4, 0.5) is 4.39 Å². The normalized spacial score (nSPS) is 16.9. The Balaban J connectivity index is 2.17. The second kappa shape index (κ2) is 5.23. The summed E-state index contributed by atoms with van der Waals surface area (Å²) in [6, 6.07) is 3.01. The first kappa shape index (κ1) is 12.7. The molecule has 0 heterocycles. The van der Waals surface area contributed by atoms with Crippen molar-refractivity contribution in [2.75, 3.05) is 6.61 Å². The number of benzene rings is 1. The Morgan fingerprint density at radius 3 is 2.76 bits per heavy atom. The van der Waals surface area contributed by atoms with E-state index in [1.807, 2.05) is 0 Å². The Kier molecular flexibility index (Phi) is 3.89. The van der Waals surface area contributed by atoms with Crippen molar-refractivity contribution in [2.45, 2.75) is 32.2 Å². The summed E-state index contributed by atoms with van der Waals surface area (Å²) in [4.78, 5) is 0. The molecule has 1 aromatic rings. The number of ether oxygens (including phenoxy) is 1. The Morgan fingerprint density at radius 1 is 1.53 bits per heavy atom. The van der Waals surface area contributed by atoms with E-state index in [1.165, 1.54) is 18.9 Å². The average molecular weight is 258 g/mol. The lowest BCUT2D eigenvalue weighted by Crippen LogP contribution is -2.11. The fraction of sp³-hybridized carbons (Fsp3) is 0.538. The molecule has 1 aliphatic rings. The first-order valence-corrected chi connectivity index (χ1v) is 6.37. The maximum Gasteiger partial charge on any atom is 0.173 e. The van der Waals surface area contributed by atoms with Crippen LogP contribution in [0.5, 0.6) is 5.75 Å². The van der Waals surface area contributed by atoms with E-state index in [9.17, 15) is 4.39 Å². The van der Waals surface area contributed by atoms with Crippen LogP contribution in [0.2, 0.25) is 5.02 Å². The lowest BCUT2D eigenvalue weighted by atomic mass is 10.0. The fourth-order valence-electron chi connectivity index (χ4n) is 1.92. The molecule has 0 amide bonds. The van der Waals surface area contributed by atoms with Gasteiger partial charge in [-0.1, -0.05) is 24.4 Å². The number of halogens is 2. The van der Waals surface area contributed by atoms with Gasteiger partial charge < -0.3 is 10.5 Å². The zero-order valence-corrected chi connectivity index (χ0v) is 10.6. The predicted octanol–water partition coefficient (Wildman–Crippen LogP) is 3.68. The molecule has 1 fully saturated rings. The van der Waals surface area contributed by atoms with Crippen LogP contribution in [-0.2, 0) is 0 Å². The minimum absolute atomic E-state index is 0.122. The summed E-state index contributed by atoms with van der Waals surface area (Å²) in [5, 5.41) is 0.299. The fourth-order valence-corrected chi connectivity index (χ4v) is 2.20. The Bertz CT molecular complexity index is 383. The molecule has 0 spiro atoms. The van der Waals surface area contributed by atoms with E-state index >= 15 is 0 Å². The van der Waals surface area contributed by atoms with Crippen molar-refractivity contribution in [1.29, 1.82) is 0 Å². The lowest BCUT2D eigenvalue weighted by molar-refractivity contribution is 0.321. The van der Waals surface area contributed by atoms with Crippen LogP contribution in [0.3, 0.4) is 0 Å². The molecule has 0 aromatic heterocycles. The molecule has 4 heteroatoms.